The number of imide groups is 1. The Labute approximate surface area is 146 Å². The van der Waals surface area contributed by atoms with Gasteiger partial charge < -0.3 is 5.32 Å². The van der Waals surface area contributed by atoms with E-state index in [1.807, 2.05) is 13.0 Å². The van der Waals surface area contributed by atoms with E-state index in [-0.39, 0.29) is 24.8 Å². The number of nitrogens with zero attached hydrogens (tertiary/aromatic N) is 1. The van der Waals surface area contributed by atoms with E-state index < -0.39 is 11.3 Å². The molecule has 0 atom stereocenters. The van der Waals surface area contributed by atoms with Crippen molar-refractivity contribution in [3.63, 3.8) is 0 Å². The van der Waals surface area contributed by atoms with Gasteiger partial charge >= 0.3 is 0 Å². The first-order chi connectivity index (χ1) is 11.4. The summed E-state index contributed by atoms with van der Waals surface area (Å²) in [6.45, 7) is 1.66. The Kier molecular flexibility index (Phi) is 4.63. The van der Waals surface area contributed by atoms with Crippen LogP contribution in [0.1, 0.15) is 44.1 Å². The highest BCUT2D eigenvalue weighted by atomic mass is 35.5. The highest BCUT2D eigenvalue weighted by Crippen LogP contribution is 2.45. The van der Waals surface area contributed by atoms with Crippen molar-refractivity contribution in [3.05, 3.63) is 28.8 Å². The molecule has 1 aliphatic carbocycles. The first-order valence-electron chi connectivity index (χ1n) is 8.32. The predicted octanol–water partition coefficient (Wildman–Crippen LogP) is 3.30. The van der Waals surface area contributed by atoms with Crippen LogP contribution >= 0.6 is 11.6 Å². The normalized spacial score (nSPS) is 19.8. The third-order valence-electron chi connectivity index (χ3n) is 5.00. The van der Waals surface area contributed by atoms with E-state index in [1.165, 1.54) is 0 Å². The second-order valence-electron chi connectivity index (χ2n) is 6.83. The second-order valence-corrected chi connectivity index (χ2v) is 7.24. The summed E-state index contributed by atoms with van der Waals surface area (Å²) in [5.41, 5.74) is 0.915. The fraction of sp³-hybridized carbons (Fsp3) is 0.500. The zero-order valence-corrected chi connectivity index (χ0v) is 14.5. The van der Waals surface area contributed by atoms with Crippen molar-refractivity contribution >= 4 is 35.0 Å². The molecule has 0 radical (unpaired) electrons. The number of benzene rings is 1. The molecule has 0 unspecified atom stereocenters. The molecule has 1 spiro atoms. The van der Waals surface area contributed by atoms with Crippen molar-refractivity contribution in [1.29, 1.82) is 0 Å². The van der Waals surface area contributed by atoms with E-state index >= 15 is 0 Å². The van der Waals surface area contributed by atoms with E-state index in [0.717, 1.165) is 42.6 Å². The number of hydrogen-bond donors (Lipinski definition) is 1. The Bertz CT molecular complexity index is 696. The summed E-state index contributed by atoms with van der Waals surface area (Å²) in [6, 6.07) is 5.30. The summed E-state index contributed by atoms with van der Waals surface area (Å²) >= 11 is 6.10. The summed E-state index contributed by atoms with van der Waals surface area (Å²) in [7, 11) is 0. The molecule has 1 heterocycles. The summed E-state index contributed by atoms with van der Waals surface area (Å²) < 4.78 is 0. The van der Waals surface area contributed by atoms with Gasteiger partial charge in [0.25, 0.3) is 0 Å². The van der Waals surface area contributed by atoms with E-state index in [9.17, 15) is 14.4 Å². The van der Waals surface area contributed by atoms with Crippen LogP contribution in [0.3, 0.4) is 0 Å². The van der Waals surface area contributed by atoms with Crippen LogP contribution in [0.2, 0.25) is 5.02 Å². The molecule has 2 aliphatic rings. The summed E-state index contributed by atoms with van der Waals surface area (Å²) in [5.74, 6) is -0.834. The first kappa shape index (κ1) is 17.0. The molecule has 1 N–H and O–H groups in total. The second kappa shape index (κ2) is 6.55. The Morgan fingerprint density at radius 1 is 1.25 bits per heavy atom. The Morgan fingerprint density at radius 3 is 2.62 bits per heavy atom. The lowest BCUT2D eigenvalue weighted by atomic mass is 9.73. The number of hydrogen-bond acceptors (Lipinski definition) is 3. The van der Waals surface area contributed by atoms with Crippen LogP contribution in [0.5, 0.6) is 0 Å². The number of rotatable bonds is 3. The molecule has 0 aromatic heterocycles. The van der Waals surface area contributed by atoms with E-state index in [4.69, 9.17) is 11.6 Å². The lowest BCUT2D eigenvalue weighted by Gasteiger charge is -2.30. The molecule has 1 aromatic rings. The lowest BCUT2D eigenvalue weighted by Crippen LogP contribution is -2.41. The molecule has 24 heavy (non-hydrogen) atoms. The van der Waals surface area contributed by atoms with Crippen LogP contribution < -0.4 is 5.32 Å². The quantitative estimate of drug-likeness (QED) is 0.852. The van der Waals surface area contributed by atoms with Gasteiger partial charge in [0.2, 0.25) is 17.7 Å². The molecule has 128 valence electrons. The number of aryl methyl sites for hydroxylation is 1. The maximum absolute atomic E-state index is 12.7. The fourth-order valence-corrected chi connectivity index (χ4v) is 3.98. The van der Waals surface area contributed by atoms with Crippen molar-refractivity contribution in [2.75, 3.05) is 11.9 Å². The van der Waals surface area contributed by atoms with Gasteiger partial charge in [-0.2, -0.15) is 0 Å². The van der Waals surface area contributed by atoms with Gasteiger partial charge in [0.05, 0.1) is 16.1 Å². The van der Waals surface area contributed by atoms with Crippen LogP contribution in [-0.2, 0) is 14.4 Å². The van der Waals surface area contributed by atoms with Gasteiger partial charge in [0, 0.05) is 6.42 Å². The van der Waals surface area contributed by atoms with Gasteiger partial charge in [-0.25, -0.2) is 0 Å². The van der Waals surface area contributed by atoms with Crippen LogP contribution in [-0.4, -0.2) is 29.2 Å². The summed E-state index contributed by atoms with van der Waals surface area (Å²) in [5, 5.41) is 3.12. The van der Waals surface area contributed by atoms with Crippen LogP contribution in [0.4, 0.5) is 5.69 Å². The Hall–Kier alpha value is -1.88. The monoisotopic (exact) mass is 348 g/mol. The molecule has 1 aromatic carbocycles. The minimum Gasteiger partial charge on any atom is -0.323 e. The minimum absolute atomic E-state index is 0.183. The molecule has 1 aliphatic heterocycles. The van der Waals surface area contributed by atoms with Gasteiger partial charge in [-0.3, -0.25) is 19.3 Å². The molecule has 6 heteroatoms. The van der Waals surface area contributed by atoms with E-state index in [0.29, 0.717) is 10.7 Å². The van der Waals surface area contributed by atoms with Crippen molar-refractivity contribution in [3.8, 4) is 0 Å². The molecule has 5 nitrogen and oxygen atoms in total. The molecule has 2 fully saturated rings. The average Bonchev–Trinajstić information content (AvgIpc) is 2.75. The highest BCUT2D eigenvalue weighted by Gasteiger charge is 2.51. The molecule has 3 amide bonds. The summed E-state index contributed by atoms with van der Waals surface area (Å²) in [6.07, 6.45) is 4.79. The van der Waals surface area contributed by atoms with Crippen molar-refractivity contribution in [2.45, 2.75) is 45.4 Å². The molecule has 1 saturated heterocycles. The molecule has 0 bridgehead atoms. The topological polar surface area (TPSA) is 66.5 Å². The molecular formula is C18H21ClN2O3. The van der Waals surface area contributed by atoms with Gasteiger partial charge in [-0.15, -0.1) is 0 Å². The van der Waals surface area contributed by atoms with Crippen LogP contribution in [0.25, 0.3) is 0 Å². The molecule has 3 rings (SSSR count). The van der Waals surface area contributed by atoms with Crippen LogP contribution in [0.15, 0.2) is 18.2 Å². The Balaban J connectivity index is 1.68. The van der Waals surface area contributed by atoms with Crippen molar-refractivity contribution in [1.82, 2.24) is 4.90 Å². The van der Waals surface area contributed by atoms with E-state index in [2.05, 4.69) is 5.32 Å². The third kappa shape index (κ3) is 3.18. The van der Waals surface area contributed by atoms with Crippen molar-refractivity contribution < 1.29 is 14.4 Å². The number of anilines is 1. The fourth-order valence-electron chi connectivity index (χ4n) is 3.69. The smallest absolute Gasteiger partial charge is 0.244 e. The maximum atomic E-state index is 12.7. The minimum atomic E-state index is -0.558. The SMILES string of the molecule is Cc1ccc(NC(=O)CN2C(=O)CC3(CCCCC3)C2=O)c(Cl)c1. The van der Waals surface area contributed by atoms with Gasteiger partial charge in [-0.1, -0.05) is 36.9 Å². The first-order valence-corrected chi connectivity index (χ1v) is 8.70. The third-order valence-corrected chi connectivity index (χ3v) is 5.31. The highest BCUT2D eigenvalue weighted by molar-refractivity contribution is 6.33. The average molecular weight is 349 g/mol. The van der Waals surface area contributed by atoms with E-state index in [1.54, 1.807) is 12.1 Å². The number of nitrogens with one attached hydrogen (secondary N) is 1. The number of carbonyl (C=O) groups is 3. The zero-order valence-electron chi connectivity index (χ0n) is 13.7. The van der Waals surface area contributed by atoms with Gasteiger partial charge in [0.1, 0.15) is 6.54 Å². The molecular weight excluding hydrogens is 328 g/mol. The summed E-state index contributed by atoms with van der Waals surface area (Å²) in [4.78, 5) is 38.3. The zero-order chi connectivity index (χ0) is 17.3. The van der Waals surface area contributed by atoms with Gasteiger partial charge in [-0.05, 0) is 37.5 Å². The largest absolute Gasteiger partial charge is 0.323 e. The number of carbonyl (C=O) groups excluding carboxylic acids is 3. The number of halogens is 1. The van der Waals surface area contributed by atoms with Crippen molar-refractivity contribution in [2.24, 2.45) is 5.41 Å². The standard InChI is InChI=1S/C18H21ClN2O3/c1-12-5-6-14(13(19)9-12)20-15(22)11-21-16(23)10-18(17(21)24)7-3-2-4-8-18/h5-6,9H,2-4,7-8,10-11H2,1H3,(H,20,22). The number of likely N-dealkylation sites (tertiary alicyclic amines) is 1. The predicted molar refractivity (Wildman–Crippen MR) is 91.7 cm³/mol. The lowest BCUT2D eigenvalue weighted by molar-refractivity contribution is -0.144. The van der Waals surface area contributed by atoms with Crippen LogP contribution in [0, 0.1) is 12.3 Å². The number of amides is 3. The van der Waals surface area contributed by atoms with Gasteiger partial charge in [0.15, 0.2) is 0 Å². The Morgan fingerprint density at radius 2 is 1.96 bits per heavy atom. The maximum Gasteiger partial charge on any atom is 0.244 e. The molecule has 1 saturated carbocycles.